The average Bonchev–Trinajstić information content (AvgIpc) is 2.97. The SMILES string of the molecule is Cc1nc(N2C[C@@H]3C(NC(=O)c4[nH]c(C)c(Cl)c4Cl)[C@@H]3C2)oc1C(=O)O.[H-].[Li+]. The van der Waals surface area contributed by atoms with Crippen LogP contribution in [0.15, 0.2) is 4.42 Å². The monoisotopic (exact) mass is 406 g/mol. The van der Waals surface area contributed by atoms with E-state index in [4.69, 9.17) is 32.7 Å². The summed E-state index contributed by atoms with van der Waals surface area (Å²) in [7, 11) is 0. The number of nitrogens with one attached hydrogen (secondary N) is 2. The number of piperidine rings is 1. The molecular formula is C16H17Cl2LiN4O4. The van der Waals surface area contributed by atoms with Gasteiger partial charge in [0.25, 0.3) is 11.9 Å². The Morgan fingerprint density at radius 1 is 1.30 bits per heavy atom. The molecule has 0 aromatic carbocycles. The third-order valence-corrected chi connectivity index (χ3v) is 5.97. The first kappa shape index (κ1) is 20.1. The third-order valence-electron chi connectivity index (χ3n) is 5.02. The molecule has 1 amide bonds. The topological polar surface area (TPSA) is 111 Å². The number of rotatable bonds is 4. The van der Waals surface area contributed by atoms with Gasteiger partial charge in [0.1, 0.15) is 5.69 Å². The van der Waals surface area contributed by atoms with Gasteiger partial charge in [0, 0.05) is 36.7 Å². The van der Waals surface area contributed by atoms with Crippen molar-refractivity contribution >= 4 is 41.1 Å². The van der Waals surface area contributed by atoms with Crippen LogP contribution in [-0.2, 0) is 0 Å². The van der Waals surface area contributed by atoms with Crippen molar-refractivity contribution in [1.82, 2.24) is 15.3 Å². The number of hydrogen-bond acceptors (Lipinski definition) is 5. The van der Waals surface area contributed by atoms with Crippen molar-refractivity contribution in [2.24, 2.45) is 11.8 Å². The molecule has 2 aliphatic rings. The second-order valence-electron chi connectivity index (χ2n) is 6.70. The minimum absolute atomic E-state index is 0. The summed E-state index contributed by atoms with van der Waals surface area (Å²) in [6, 6.07) is 0.360. The number of aromatic carboxylic acids is 1. The van der Waals surface area contributed by atoms with Gasteiger partial charge in [0.15, 0.2) is 0 Å². The van der Waals surface area contributed by atoms with Gasteiger partial charge in [-0.2, -0.15) is 4.98 Å². The number of halogens is 2. The molecule has 1 aliphatic heterocycles. The molecule has 0 bridgehead atoms. The number of aromatic amines is 1. The quantitative estimate of drug-likeness (QED) is 0.596. The molecule has 27 heavy (non-hydrogen) atoms. The van der Waals surface area contributed by atoms with E-state index in [2.05, 4.69) is 15.3 Å². The van der Waals surface area contributed by atoms with Gasteiger partial charge in [0.2, 0.25) is 5.76 Å². The number of amides is 1. The molecular weight excluding hydrogens is 390 g/mol. The summed E-state index contributed by atoms with van der Waals surface area (Å²) >= 11 is 12.1. The molecule has 1 aliphatic carbocycles. The van der Waals surface area contributed by atoms with Crippen LogP contribution in [0.1, 0.15) is 33.9 Å². The zero-order valence-corrected chi connectivity index (χ0v) is 16.5. The molecule has 2 aromatic heterocycles. The number of carbonyl (C=O) groups excluding carboxylic acids is 1. The molecule has 1 unspecified atom stereocenters. The van der Waals surface area contributed by atoms with E-state index in [1.807, 2.05) is 4.90 Å². The number of carboxylic acid groups (broad SMARTS) is 1. The Bertz CT molecular complexity index is 922. The molecule has 2 aromatic rings. The molecule has 11 heteroatoms. The number of carboxylic acids is 1. The van der Waals surface area contributed by atoms with Crippen molar-refractivity contribution in [3.63, 3.8) is 0 Å². The number of hydrogen-bond donors (Lipinski definition) is 3. The second-order valence-corrected chi connectivity index (χ2v) is 7.46. The van der Waals surface area contributed by atoms with Crippen molar-refractivity contribution in [3.05, 3.63) is 32.9 Å². The minimum atomic E-state index is -1.13. The summed E-state index contributed by atoms with van der Waals surface area (Å²) in [5.74, 6) is -1.02. The van der Waals surface area contributed by atoms with Crippen molar-refractivity contribution in [1.29, 1.82) is 0 Å². The van der Waals surface area contributed by atoms with E-state index in [0.29, 0.717) is 35.5 Å². The van der Waals surface area contributed by atoms with Gasteiger partial charge in [0.05, 0.1) is 15.7 Å². The zero-order chi connectivity index (χ0) is 18.7. The van der Waals surface area contributed by atoms with Crippen molar-refractivity contribution in [3.8, 4) is 0 Å². The summed E-state index contributed by atoms with van der Waals surface area (Å²) in [6.07, 6.45) is 0. The number of H-pyrrole nitrogens is 1. The van der Waals surface area contributed by atoms with Crippen LogP contribution < -0.4 is 29.1 Å². The van der Waals surface area contributed by atoms with E-state index < -0.39 is 5.97 Å². The minimum Gasteiger partial charge on any atom is -1.00 e. The number of fused-ring (bicyclic) bond motifs is 1. The summed E-state index contributed by atoms with van der Waals surface area (Å²) in [4.78, 5) is 32.4. The maximum atomic E-state index is 12.4. The smallest absolute Gasteiger partial charge is 1.00 e. The molecule has 0 radical (unpaired) electrons. The molecule has 140 valence electrons. The number of aryl methyl sites for hydroxylation is 2. The standard InChI is InChI=1S/C16H16Cl2N4O4.Li.H/c1-5-9(17)10(18)12(19-5)14(23)21-11-7-3-22(4-8(7)11)16-20-6(2)13(26-16)15(24)25;;/h7-8,11,19H,3-4H2,1-2H3,(H,21,23)(H,24,25);;/q;+1;-1/t7-,8+,11?;;. The van der Waals surface area contributed by atoms with Gasteiger partial charge in [-0.05, 0) is 13.8 Å². The van der Waals surface area contributed by atoms with Gasteiger partial charge < -0.3 is 26.2 Å². The third kappa shape index (κ3) is 3.36. The Labute approximate surface area is 178 Å². The Kier molecular flexibility index (Phi) is 5.30. The summed E-state index contributed by atoms with van der Waals surface area (Å²) < 4.78 is 5.34. The first-order valence-corrected chi connectivity index (χ1v) is 8.83. The number of aromatic nitrogens is 2. The molecule has 0 spiro atoms. The van der Waals surface area contributed by atoms with E-state index in [9.17, 15) is 9.59 Å². The Morgan fingerprint density at radius 2 is 1.93 bits per heavy atom. The van der Waals surface area contributed by atoms with Gasteiger partial charge in [-0.15, -0.1) is 0 Å². The van der Waals surface area contributed by atoms with E-state index in [0.717, 1.165) is 0 Å². The fourth-order valence-corrected chi connectivity index (χ4v) is 3.98. The Balaban J connectivity index is 0.00000140. The van der Waals surface area contributed by atoms with E-state index in [1.165, 1.54) is 0 Å². The normalized spacial score (nSPS) is 23.0. The molecule has 1 saturated carbocycles. The molecule has 1 saturated heterocycles. The van der Waals surface area contributed by atoms with Crippen molar-refractivity contribution in [2.45, 2.75) is 19.9 Å². The largest absolute Gasteiger partial charge is 1.00 e. The van der Waals surface area contributed by atoms with Gasteiger partial charge >= 0.3 is 24.8 Å². The first-order chi connectivity index (χ1) is 12.3. The van der Waals surface area contributed by atoms with Crippen LogP contribution in [0.5, 0.6) is 0 Å². The molecule has 3 atom stereocenters. The van der Waals surface area contributed by atoms with E-state index >= 15 is 0 Å². The summed E-state index contributed by atoms with van der Waals surface area (Å²) in [5.41, 5.74) is 1.27. The fraction of sp³-hybridized carbons (Fsp3) is 0.438. The van der Waals surface area contributed by atoms with Crippen LogP contribution in [0.25, 0.3) is 0 Å². The second kappa shape index (κ2) is 7.10. The summed E-state index contributed by atoms with van der Waals surface area (Å²) in [5, 5.41) is 12.6. The van der Waals surface area contributed by atoms with Crippen LogP contribution in [0.4, 0.5) is 6.01 Å². The van der Waals surface area contributed by atoms with Gasteiger partial charge in [-0.25, -0.2) is 4.79 Å². The number of oxazole rings is 1. The van der Waals surface area contributed by atoms with Crippen LogP contribution in [0, 0.1) is 25.7 Å². The number of nitrogens with zero attached hydrogens (tertiary/aromatic N) is 2. The van der Waals surface area contributed by atoms with Crippen LogP contribution in [0.2, 0.25) is 10.0 Å². The maximum absolute atomic E-state index is 12.4. The van der Waals surface area contributed by atoms with E-state index in [1.54, 1.807) is 13.8 Å². The van der Waals surface area contributed by atoms with Crippen LogP contribution in [0.3, 0.4) is 0 Å². The number of anilines is 1. The number of carbonyl (C=O) groups is 2. The Hall–Kier alpha value is -1.59. The average molecular weight is 407 g/mol. The molecule has 2 fully saturated rings. The molecule has 3 heterocycles. The van der Waals surface area contributed by atoms with E-state index in [-0.39, 0.29) is 60.5 Å². The maximum Gasteiger partial charge on any atom is 1.00 e. The van der Waals surface area contributed by atoms with Crippen LogP contribution in [-0.4, -0.2) is 46.1 Å². The van der Waals surface area contributed by atoms with Crippen molar-refractivity contribution < 1.29 is 39.4 Å². The van der Waals surface area contributed by atoms with Gasteiger partial charge in [-0.3, -0.25) is 4.79 Å². The van der Waals surface area contributed by atoms with Crippen molar-refractivity contribution in [2.75, 3.05) is 18.0 Å². The molecule has 3 N–H and O–H groups in total. The fourth-order valence-electron chi connectivity index (χ4n) is 3.56. The molecule has 4 rings (SSSR count). The predicted molar refractivity (Wildman–Crippen MR) is 95.3 cm³/mol. The first-order valence-electron chi connectivity index (χ1n) is 8.08. The van der Waals surface area contributed by atoms with Gasteiger partial charge in [-0.1, -0.05) is 23.2 Å². The predicted octanol–water partition coefficient (Wildman–Crippen LogP) is -0.394. The molecule has 8 nitrogen and oxygen atoms in total. The Morgan fingerprint density at radius 3 is 2.41 bits per heavy atom. The van der Waals surface area contributed by atoms with Crippen LogP contribution >= 0.6 is 23.2 Å². The summed E-state index contributed by atoms with van der Waals surface area (Å²) in [6.45, 7) is 4.64. The zero-order valence-electron chi connectivity index (χ0n) is 16.0.